The van der Waals surface area contributed by atoms with Crippen LogP contribution in [0.15, 0.2) is 36.4 Å². The van der Waals surface area contributed by atoms with Crippen LogP contribution in [0.4, 0.5) is 11.6 Å². The Morgan fingerprint density at radius 3 is 2.42 bits per heavy atom. The van der Waals surface area contributed by atoms with Gasteiger partial charge in [0, 0.05) is 54.4 Å². The summed E-state index contributed by atoms with van der Waals surface area (Å²) in [5.74, 6) is 1.70. The Hall–Kier alpha value is -2.59. The van der Waals surface area contributed by atoms with Crippen molar-refractivity contribution in [3.63, 3.8) is 0 Å². The van der Waals surface area contributed by atoms with E-state index >= 15 is 0 Å². The molecule has 0 amide bonds. The minimum absolute atomic E-state index is 0.479. The lowest BCUT2D eigenvalue weighted by molar-refractivity contribution is 0.249. The molecule has 1 aliphatic carbocycles. The molecule has 2 aliphatic rings. The number of nitrogens with zero attached hydrogens (tertiary/aromatic N) is 5. The highest BCUT2D eigenvalue weighted by Crippen LogP contribution is 2.32. The van der Waals surface area contributed by atoms with E-state index in [1.54, 1.807) is 6.07 Å². The number of hydrogen-bond acceptors (Lipinski definition) is 6. The van der Waals surface area contributed by atoms with Crippen molar-refractivity contribution in [1.29, 1.82) is 5.26 Å². The molecule has 1 N–H and O–H groups in total. The van der Waals surface area contributed by atoms with Crippen molar-refractivity contribution in [1.82, 2.24) is 14.9 Å². The van der Waals surface area contributed by atoms with Gasteiger partial charge in [-0.25, -0.2) is 9.97 Å². The van der Waals surface area contributed by atoms with Gasteiger partial charge in [0.05, 0.1) is 22.7 Å². The van der Waals surface area contributed by atoms with Gasteiger partial charge in [-0.1, -0.05) is 29.3 Å². The van der Waals surface area contributed by atoms with Gasteiger partial charge >= 0.3 is 0 Å². The lowest BCUT2D eigenvalue weighted by atomic mass is 10.2. The van der Waals surface area contributed by atoms with Gasteiger partial charge in [0.15, 0.2) is 11.6 Å². The van der Waals surface area contributed by atoms with Crippen molar-refractivity contribution in [3.8, 4) is 6.07 Å². The lowest BCUT2D eigenvalue weighted by Gasteiger charge is -2.36. The van der Waals surface area contributed by atoms with E-state index in [1.165, 1.54) is 12.8 Å². The molecule has 2 fully saturated rings. The number of rotatable bonds is 5. The van der Waals surface area contributed by atoms with Gasteiger partial charge in [-0.15, -0.1) is 0 Å². The smallest absolute Gasteiger partial charge is 0.172 e. The highest BCUT2D eigenvalue weighted by molar-refractivity contribution is 6.35. The van der Waals surface area contributed by atoms with E-state index < -0.39 is 0 Å². The Kier molecular flexibility index (Phi) is 5.58. The number of hydrogen-bond donors (Lipinski definition) is 1. The molecule has 6 nitrogen and oxygen atoms in total. The molecule has 0 atom stereocenters. The number of piperazine rings is 1. The maximum Gasteiger partial charge on any atom is 0.172 e. The summed E-state index contributed by atoms with van der Waals surface area (Å²) in [7, 11) is 0. The van der Waals surface area contributed by atoms with Crippen LogP contribution in [0, 0.1) is 11.3 Å². The molecule has 1 saturated carbocycles. The summed E-state index contributed by atoms with van der Waals surface area (Å²) >= 11 is 12.7. The van der Waals surface area contributed by atoms with Gasteiger partial charge in [-0.2, -0.15) is 5.26 Å². The number of nitrogens with one attached hydrogen (secondary N) is 1. The molecule has 0 radical (unpaired) electrons. The number of aromatic nitrogens is 2. The third-order valence-electron chi connectivity index (χ3n) is 5.81. The summed E-state index contributed by atoms with van der Waals surface area (Å²) in [5.41, 5.74) is 3.13. The van der Waals surface area contributed by atoms with E-state index in [4.69, 9.17) is 33.2 Å². The topological polar surface area (TPSA) is 68.1 Å². The molecule has 1 aromatic heterocycles. The molecule has 0 spiro atoms. The van der Waals surface area contributed by atoms with E-state index in [2.05, 4.69) is 21.2 Å². The monoisotopic (exact) mass is 452 g/mol. The van der Waals surface area contributed by atoms with E-state index in [-0.39, 0.29) is 0 Å². The van der Waals surface area contributed by atoms with Crippen molar-refractivity contribution in [2.24, 2.45) is 0 Å². The van der Waals surface area contributed by atoms with Crippen LogP contribution in [0.5, 0.6) is 0 Å². The highest BCUT2D eigenvalue weighted by Gasteiger charge is 2.27. The van der Waals surface area contributed by atoms with Crippen LogP contribution in [0.1, 0.15) is 24.0 Å². The number of nitriles is 1. The Morgan fingerprint density at radius 2 is 1.74 bits per heavy atom. The molecule has 1 aliphatic heterocycles. The van der Waals surface area contributed by atoms with E-state index in [9.17, 15) is 5.26 Å². The third kappa shape index (κ3) is 4.40. The molecule has 0 bridgehead atoms. The van der Waals surface area contributed by atoms with Crippen LogP contribution in [-0.4, -0.2) is 47.1 Å². The first-order chi connectivity index (χ1) is 15.1. The number of halogens is 2. The third-order valence-corrected chi connectivity index (χ3v) is 6.52. The predicted octanol–water partition coefficient (Wildman–Crippen LogP) is 4.70. The second-order valence-electron chi connectivity index (χ2n) is 8.09. The van der Waals surface area contributed by atoms with Gasteiger partial charge < -0.3 is 10.2 Å². The van der Waals surface area contributed by atoms with Gasteiger partial charge in [-0.05, 0) is 43.2 Å². The molecule has 3 aromatic rings. The normalized spacial score (nSPS) is 17.0. The molecule has 2 heterocycles. The Labute approximate surface area is 191 Å². The summed E-state index contributed by atoms with van der Waals surface area (Å²) in [6.07, 6.45) is 2.33. The van der Waals surface area contributed by atoms with Gasteiger partial charge in [0.1, 0.15) is 0 Å². The highest BCUT2D eigenvalue weighted by atomic mass is 35.5. The molecular formula is C23H22Cl2N6. The predicted molar refractivity (Wildman–Crippen MR) is 125 cm³/mol. The number of fused-ring (bicyclic) bond motifs is 1. The molecule has 8 heteroatoms. The largest absolute Gasteiger partial charge is 0.364 e. The van der Waals surface area contributed by atoms with Gasteiger partial charge in [-0.3, -0.25) is 4.90 Å². The van der Waals surface area contributed by atoms with Crippen molar-refractivity contribution >= 4 is 45.9 Å². The number of anilines is 2. The summed E-state index contributed by atoms with van der Waals surface area (Å²) in [5, 5.41) is 14.2. The van der Waals surface area contributed by atoms with Crippen molar-refractivity contribution in [2.75, 3.05) is 36.4 Å². The fourth-order valence-electron chi connectivity index (χ4n) is 3.88. The van der Waals surface area contributed by atoms with Gasteiger partial charge in [0.2, 0.25) is 0 Å². The maximum atomic E-state index is 9.24. The second-order valence-corrected chi connectivity index (χ2v) is 8.91. The summed E-state index contributed by atoms with van der Waals surface area (Å²) in [6, 6.07) is 13.8. The van der Waals surface area contributed by atoms with E-state index in [0.29, 0.717) is 21.7 Å². The van der Waals surface area contributed by atoms with Crippen LogP contribution in [-0.2, 0) is 6.54 Å². The van der Waals surface area contributed by atoms with Crippen molar-refractivity contribution in [3.05, 3.63) is 57.6 Å². The second kappa shape index (κ2) is 8.51. The summed E-state index contributed by atoms with van der Waals surface area (Å²) in [6.45, 7) is 4.15. The lowest BCUT2D eigenvalue weighted by Crippen LogP contribution is -2.46. The molecule has 158 valence electrons. The average molecular weight is 453 g/mol. The fourth-order valence-corrected chi connectivity index (χ4v) is 4.39. The van der Waals surface area contributed by atoms with Crippen LogP contribution < -0.4 is 10.2 Å². The van der Waals surface area contributed by atoms with Crippen LogP contribution >= 0.6 is 23.2 Å². The van der Waals surface area contributed by atoms with E-state index in [0.717, 1.165) is 61.0 Å². The first kappa shape index (κ1) is 20.3. The fraction of sp³-hybridized carbons (Fsp3) is 0.348. The SMILES string of the molecule is N#Cc1ccc2nc(NC3CC3)c(N3CCN(Cc4c(Cl)cccc4Cl)CC3)nc2c1. The van der Waals surface area contributed by atoms with Crippen molar-refractivity contribution in [2.45, 2.75) is 25.4 Å². The molecule has 1 saturated heterocycles. The zero-order chi connectivity index (χ0) is 21.4. The van der Waals surface area contributed by atoms with Crippen LogP contribution in [0.2, 0.25) is 10.0 Å². The Morgan fingerprint density at radius 1 is 1.00 bits per heavy atom. The zero-order valence-corrected chi connectivity index (χ0v) is 18.5. The van der Waals surface area contributed by atoms with Crippen LogP contribution in [0.3, 0.4) is 0 Å². The molecule has 2 aromatic carbocycles. The molecule has 31 heavy (non-hydrogen) atoms. The molecular weight excluding hydrogens is 431 g/mol. The maximum absolute atomic E-state index is 9.24. The summed E-state index contributed by atoms with van der Waals surface area (Å²) in [4.78, 5) is 14.4. The minimum atomic E-state index is 0.479. The molecule has 5 rings (SSSR count). The Bertz CT molecular complexity index is 1140. The zero-order valence-electron chi connectivity index (χ0n) is 17.0. The number of benzene rings is 2. The first-order valence-corrected chi connectivity index (χ1v) is 11.2. The first-order valence-electron chi connectivity index (χ1n) is 10.5. The molecule has 0 unspecified atom stereocenters. The Balaban J connectivity index is 1.37. The summed E-state index contributed by atoms with van der Waals surface area (Å²) < 4.78 is 0. The van der Waals surface area contributed by atoms with Crippen LogP contribution in [0.25, 0.3) is 11.0 Å². The van der Waals surface area contributed by atoms with Crippen molar-refractivity contribution < 1.29 is 0 Å². The van der Waals surface area contributed by atoms with E-state index in [1.807, 2.05) is 30.3 Å². The van der Waals surface area contributed by atoms with Gasteiger partial charge in [0.25, 0.3) is 0 Å². The quantitative estimate of drug-likeness (QED) is 0.604. The minimum Gasteiger partial charge on any atom is -0.364 e. The average Bonchev–Trinajstić information content (AvgIpc) is 3.60. The standard InChI is InChI=1S/C23H22Cl2N6/c24-18-2-1-3-19(25)17(18)14-30-8-10-31(11-9-30)23-22(27-16-5-6-16)28-20-7-4-15(13-26)12-21(20)29-23/h1-4,7,12,16H,5-6,8-11,14H2,(H,27,28).